The van der Waals surface area contributed by atoms with Crippen LogP contribution in [0.4, 0.5) is 19.0 Å². The van der Waals surface area contributed by atoms with E-state index in [1.54, 1.807) is 54.9 Å². The average molecular weight is 535 g/mol. The number of anilines is 1. The molecule has 0 amide bonds. The first-order chi connectivity index (χ1) is 18.7. The fourth-order valence-electron chi connectivity index (χ4n) is 3.81. The number of hydrogen-bond acceptors (Lipinski definition) is 6. The fraction of sp³-hybridized carbons (Fsp3) is 0.143. The van der Waals surface area contributed by atoms with Gasteiger partial charge in [-0.2, -0.15) is 13.2 Å². The van der Waals surface area contributed by atoms with E-state index in [-0.39, 0.29) is 22.3 Å². The van der Waals surface area contributed by atoms with Gasteiger partial charge in [-0.05, 0) is 49.2 Å². The van der Waals surface area contributed by atoms with Crippen molar-refractivity contribution in [3.63, 3.8) is 0 Å². The Morgan fingerprint density at radius 2 is 1.77 bits per heavy atom. The summed E-state index contributed by atoms with van der Waals surface area (Å²) in [4.78, 5) is 27.6. The van der Waals surface area contributed by atoms with Crippen LogP contribution in [0.25, 0.3) is 22.1 Å². The molecule has 4 N–H and O–H groups in total. The molecule has 11 heteroatoms. The molecule has 0 atom stereocenters. The first-order valence-electron chi connectivity index (χ1n) is 11.7. The van der Waals surface area contributed by atoms with Crippen molar-refractivity contribution >= 4 is 28.5 Å². The van der Waals surface area contributed by atoms with Gasteiger partial charge in [0.1, 0.15) is 5.56 Å². The van der Waals surface area contributed by atoms with Gasteiger partial charge in [0.2, 0.25) is 0 Å². The molecule has 3 aromatic heterocycles. The van der Waals surface area contributed by atoms with E-state index in [0.29, 0.717) is 35.0 Å². The van der Waals surface area contributed by atoms with Crippen LogP contribution >= 0.6 is 0 Å². The van der Waals surface area contributed by atoms with Crippen molar-refractivity contribution in [3.8, 4) is 17.5 Å². The summed E-state index contributed by atoms with van der Waals surface area (Å²) >= 11 is 0. The van der Waals surface area contributed by atoms with E-state index in [9.17, 15) is 22.8 Å². The summed E-state index contributed by atoms with van der Waals surface area (Å²) < 4.78 is 40.3. The van der Waals surface area contributed by atoms with E-state index < -0.39 is 6.18 Å². The van der Waals surface area contributed by atoms with Gasteiger partial charge in [-0.3, -0.25) is 14.2 Å². The molecule has 5 rings (SSSR count). The summed E-state index contributed by atoms with van der Waals surface area (Å²) in [5.41, 5.74) is 12.0. The number of nitrogen functional groups attached to an aromatic ring is 1. The van der Waals surface area contributed by atoms with Gasteiger partial charge in [-0.15, -0.1) is 5.10 Å². The zero-order chi connectivity index (χ0) is 28.6. The van der Waals surface area contributed by atoms with Crippen LogP contribution < -0.4 is 17.0 Å². The standard InChI is InChI=1S/C20H14F3NO.C7H6N4O.CH5N/c1-2-16-13-15-8-6-7-14(11-12-20(21,22)23)18(15)19(25)24(16)17-9-4-3-5-10-17;8-6-5(4-12)7-9-2-1-3-11(7)10-6;1-2/h3-10,13H,2H2,1H3;1-4H,(H2,8,10);2H2,1H3. The molecule has 0 fully saturated rings. The summed E-state index contributed by atoms with van der Waals surface area (Å²) in [7, 11) is 1.50. The third-order valence-corrected chi connectivity index (χ3v) is 5.42. The SMILES string of the molecule is CCc1cc2cccc(C#CC(F)(F)F)c2c(=O)n1-c1ccccc1.CN.Nc1nn2cccnc2c1C=O. The second-order valence-electron chi connectivity index (χ2n) is 7.79. The monoisotopic (exact) mass is 534 g/mol. The normalized spacial score (nSPS) is 10.5. The number of aldehydes is 1. The first-order valence-corrected chi connectivity index (χ1v) is 11.7. The second-order valence-corrected chi connectivity index (χ2v) is 7.79. The molecule has 39 heavy (non-hydrogen) atoms. The number of nitrogens with zero attached hydrogens (tertiary/aromatic N) is 4. The Labute approximate surface area is 221 Å². The smallest absolute Gasteiger partial charge is 0.382 e. The van der Waals surface area contributed by atoms with E-state index in [1.165, 1.54) is 28.1 Å². The maximum Gasteiger partial charge on any atom is 0.458 e. The Kier molecular flexibility index (Phi) is 9.20. The molecule has 0 aliphatic rings. The number of carbonyl (C=O) groups is 1. The van der Waals surface area contributed by atoms with Gasteiger partial charge < -0.3 is 11.5 Å². The van der Waals surface area contributed by atoms with Gasteiger partial charge in [0, 0.05) is 35.3 Å². The highest BCUT2D eigenvalue weighted by Gasteiger charge is 2.23. The molecule has 8 nitrogen and oxygen atoms in total. The molecule has 0 saturated heterocycles. The number of alkyl halides is 3. The van der Waals surface area contributed by atoms with Gasteiger partial charge >= 0.3 is 6.18 Å². The number of pyridine rings is 1. The van der Waals surface area contributed by atoms with E-state index in [4.69, 9.17) is 5.73 Å². The lowest BCUT2D eigenvalue weighted by atomic mass is 10.0. The molecule has 2 aromatic carbocycles. The number of aryl methyl sites for hydroxylation is 1. The van der Waals surface area contributed by atoms with E-state index in [2.05, 4.69) is 21.7 Å². The number of aromatic nitrogens is 4. The molecule has 0 aliphatic heterocycles. The highest BCUT2D eigenvalue weighted by atomic mass is 19.4. The average Bonchev–Trinajstić information content (AvgIpc) is 3.27. The van der Waals surface area contributed by atoms with E-state index >= 15 is 0 Å². The highest BCUT2D eigenvalue weighted by Crippen LogP contribution is 2.20. The minimum atomic E-state index is -4.61. The van der Waals surface area contributed by atoms with Gasteiger partial charge in [-0.25, -0.2) is 9.50 Å². The van der Waals surface area contributed by atoms with Gasteiger partial charge in [-0.1, -0.05) is 43.2 Å². The van der Waals surface area contributed by atoms with Crippen LogP contribution in [-0.4, -0.2) is 38.7 Å². The van der Waals surface area contributed by atoms with E-state index in [0.717, 1.165) is 5.69 Å². The van der Waals surface area contributed by atoms with Crippen molar-refractivity contribution in [2.24, 2.45) is 5.73 Å². The van der Waals surface area contributed by atoms with Crippen molar-refractivity contribution in [3.05, 3.63) is 100 Å². The molecule has 0 radical (unpaired) electrons. The van der Waals surface area contributed by atoms with Crippen LogP contribution in [0, 0.1) is 11.8 Å². The van der Waals surface area contributed by atoms with Crippen molar-refractivity contribution in [2.75, 3.05) is 12.8 Å². The Morgan fingerprint density at radius 3 is 2.41 bits per heavy atom. The molecule has 0 spiro atoms. The van der Waals surface area contributed by atoms with Crippen molar-refractivity contribution in [1.82, 2.24) is 19.2 Å². The number of fused-ring (bicyclic) bond motifs is 2. The Balaban J connectivity index is 0.000000250. The lowest BCUT2D eigenvalue weighted by Crippen LogP contribution is -2.22. The van der Waals surface area contributed by atoms with Crippen LogP contribution in [0.5, 0.6) is 0 Å². The molecule has 0 saturated carbocycles. The summed E-state index contributed by atoms with van der Waals surface area (Å²) in [5.74, 6) is 3.56. The van der Waals surface area contributed by atoms with Crippen molar-refractivity contribution in [2.45, 2.75) is 19.5 Å². The lowest BCUT2D eigenvalue weighted by molar-refractivity contribution is -0.0696. The molecule has 3 heterocycles. The number of nitrogens with two attached hydrogens (primary N) is 2. The molecule has 0 unspecified atom stereocenters. The Hall–Kier alpha value is -4.95. The summed E-state index contributed by atoms with van der Waals surface area (Å²) in [5, 5.41) is 4.67. The number of para-hydroxylation sites is 1. The molecular weight excluding hydrogens is 509 g/mol. The maximum atomic E-state index is 13.1. The highest BCUT2D eigenvalue weighted by molar-refractivity contribution is 5.90. The van der Waals surface area contributed by atoms with E-state index in [1.807, 2.05) is 19.1 Å². The largest absolute Gasteiger partial charge is 0.458 e. The van der Waals surface area contributed by atoms with Gasteiger partial charge in [0.25, 0.3) is 5.56 Å². The predicted octanol–water partition coefficient (Wildman–Crippen LogP) is 4.17. The number of rotatable bonds is 3. The first kappa shape index (κ1) is 28.6. The number of benzene rings is 2. The van der Waals surface area contributed by atoms with Crippen LogP contribution in [0.1, 0.15) is 28.5 Å². The fourth-order valence-corrected chi connectivity index (χ4v) is 3.81. The lowest BCUT2D eigenvalue weighted by Gasteiger charge is -2.14. The number of halogens is 3. The summed E-state index contributed by atoms with van der Waals surface area (Å²) in [6.45, 7) is 1.92. The second kappa shape index (κ2) is 12.5. The summed E-state index contributed by atoms with van der Waals surface area (Å²) in [6, 6.07) is 17.3. The molecule has 0 aliphatic carbocycles. The van der Waals surface area contributed by atoms with Crippen molar-refractivity contribution in [1.29, 1.82) is 0 Å². The van der Waals surface area contributed by atoms with Crippen LogP contribution in [0.3, 0.4) is 0 Å². The summed E-state index contributed by atoms with van der Waals surface area (Å²) in [6.07, 6.45) is -0.0671. The zero-order valence-corrected chi connectivity index (χ0v) is 21.1. The molecular formula is C28H25F3N6O2. The number of carbonyl (C=O) groups excluding carboxylic acids is 1. The predicted molar refractivity (Wildman–Crippen MR) is 145 cm³/mol. The van der Waals surface area contributed by atoms with Gasteiger partial charge in [0.05, 0.1) is 5.39 Å². The van der Waals surface area contributed by atoms with Crippen LogP contribution in [0.15, 0.2) is 77.9 Å². The molecule has 200 valence electrons. The molecule has 5 aromatic rings. The Morgan fingerprint density at radius 1 is 1.05 bits per heavy atom. The van der Waals surface area contributed by atoms with Gasteiger partial charge in [0.15, 0.2) is 17.8 Å². The zero-order valence-electron chi connectivity index (χ0n) is 21.1. The third kappa shape index (κ3) is 6.49. The minimum absolute atomic E-state index is 0.0761. The van der Waals surface area contributed by atoms with Crippen molar-refractivity contribution < 1.29 is 18.0 Å². The maximum absolute atomic E-state index is 13.1. The number of hydrogen-bond donors (Lipinski definition) is 2. The minimum Gasteiger partial charge on any atom is -0.382 e. The molecule has 0 bridgehead atoms. The quantitative estimate of drug-likeness (QED) is 0.265. The third-order valence-electron chi connectivity index (χ3n) is 5.42. The van der Waals surface area contributed by atoms with Crippen LogP contribution in [-0.2, 0) is 6.42 Å². The van der Waals surface area contributed by atoms with Crippen LogP contribution in [0.2, 0.25) is 0 Å². The Bertz CT molecular complexity index is 1710. The topological polar surface area (TPSA) is 121 Å².